The van der Waals surface area contributed by atoms with Gasteiger partial charge in [-0.3, -0.25) is 9.59 Å². The molecule has 2 rings (SSSR count). The number of carbonyl (C=O) groups is 2. The molecule has 13 nitrogen and oxygen atoms in total. The number of anilines is 1. The second-order valence-electron chi connectivity index (χ2n) is 13.0. The number of benzene rings is 1. The summed E-state index contributed by atoms with van der Waals surface area (Å²) in [7, 11) is 1.35. The number of nitrogens with zero attached hydrogens (tertiary/aromatic N) is 5. The van der Waals surface area contributed by atoms with Gasteiger partial charge < -0.3 is 33.3 Å². The molecule has 0 amide bonds. The van der Waals surface area contributed by atoms with Gasteiger partial charge in [0.1, 0.15) is 17.7 Å². The first-order chi connectivity index (χ1) is 26.2. The number of aryl methyl sites for hydroxylation is 1. The third-order valence-corrected chi connectivity index (χ3v) is 9.70. The van der Waals surface area contributed by atoms with Gasteiger partial charge in [-0.15, -0.1) is 11.3 Å². The lowest BCUT2D eigenvalue weighted by Gasteiger charge is -2.29. The first-order valence-corrected chi connectivity index (χ1v) is 19.7. The molecule has 2 aromatic rings. The lowest BCUT2D eigenvalue weighted by Crippen LogP contribution is -2.34. The van der Waals surface area contributed by atoms with Crippen molar-refractivity contribution in [2.24, 2.45) is 16.1 Å². The number of hydrogen-bond acceptors (Lipinski definition) is 13. The van der Waals surface area contributed by atoms with Crippen LogP contribution in [0.2, 0.25) is 0 Å². The van der Waals surface area contributed by atoms with Crippen molar-refractivity contribution in [3.8, 4) is 6.07 Å². The van der Waals surface area contributed by atoms with Crippen LogP contribution in [0.25, 0.3) is 4.85 Å². The van der Waals surface area contributed by atoms with Crippen LogP contribution in [0.4, 0.5) is 22.1 Å². The molecule has 0 spiro atoms. The second-order valence-corrected chi connectivity index (χ2v) is 14.0. The summed E-state index contributed by atoms with van der Waals surface area (Å²) in [6.45, 7) is 21.8. The van der Waals surface area contributed by atoms with Crippen LogP contribution in [0.15, 0.2) is 28.4 Å². The summed E-state index contributed by atoms with van der Waals surface area (Å²) < 4.78 is 32.6. The van der Waals surface area contributed by atoms with Crippen molar-refractivity contribution in [1.29, 1.82) is 5.26 Å². The highest BCUT2D eigenvalue weighted by Crippen LogP contribution is 2.42. The first-order valence-electron chi connectivity index (χ1n) is 18.9. The summed E-state index contributed by atoms with van der Waals surface area (Å²) in [6.07, 6.45) is 7.34. The van der Waals surface area contributed by atoms with Gasteiger partial charge in [0, 0.05) is 18.3 Å². The maximum Gasteiger partial charge on any atom is 0.309 e. The molecule has 0 saturated heterocycles. The quantitative estimate of drug-likeness (QED) is 0.0340. The van der Waals surface area contributed by atoms with E-state index in [2.05, 4.69) is 52.9 Å². The van der Waals surface area contributed by atoms with Crippen molar-refractivity contribution >= 4 is 45.3 Å². The monoisotopic (exact) mass is 769 g/mol. The Balaban J connectivity index is 1.54. The van der Waals surface area contributed by atoms with E-state index in [1.54, 1.807) is 6.92 Å². The molecule has 0 aliphatic carbocycles. The normalized spacial score (nSPS) is 11.8. The van der Waals surface area contributed by atoms with Gasteiger partial charge in [0.2, 0.25) is 5.69 Å². The molecule has 1 aromatic heterocycles. The number of rotatable bonds is 29. The van der Waals surface area contributed by atoms with E-state index < -0.39 is 11.9 Å². The molecule has 0 aliphatic rings. The van der Waals surface area contributed by atoms with Gasteiger partial charge in [-0.25, -0.2) is 4.85 Å². The Bertz CT molecular complexity index is 1520. The number of thiophene rings is 1. The van der Waals surface area contributed by atoms with Crippen molar-refractivity contribution in [2.75, 3.05) is 78.0 Å². The van der Waals surface area contributed by atoms with E-state index in [9.17, 15) is 14.9 Å². The number of ether oxygens (including phenoxy) is 6. The van der Waals surface area contributed by atoms with Gasteiger partial charge in [0.15, 0.2) is 0 Å². The predicted molar refractivity (Wildman–Crippen MR) is 210 cm³/mol. The van der Waals surface area contributed by atoms with Crippen LogP contribution in [0.5, 0.6) is 0 Å². The van der Waals surface area contributed by atoms with Crippen LogP contribution in [0.1, 0.15) is 88.1 Å². The van der Waals surface area contributed by atoms with E-state index in [-0.39, 0.29) is 31.6 Å². The molecular formula is C40H59N5O8S. The summed E-state index contributed by atoms with van der Waals surface area (Å²) in [5, 5.41) is 18.4. The molecule has 1 atom stereocenters. The number of hydrogen-bond donors (Lipinski definition) is 0. The molecule has 14 heteroatoms. The maximum absolute atomic E-state index is 12.2. The van der Waals surface area contributed by atoms with Crippen LogP contribution in [0, 0.1) is 37.7 Å². The summed E-state index contributed by atoms with van der Waals surface area (Å²) in [5.41, 5.74) is 3.71. The van der Waals surface area contributed by atoms with E-state index in [4.69, 9.17) is 35.0 Å². The minimum absolute atomic E-state index is 0.0213. The zero-order valence-corrected chi connectivity index (χ0v) is 33.8. The molecule has 0 saturated carbocycles. The number of esters is 2. The summed E-state index contributed by atoms with van der Waals surface area (Å²) in [5.74, 6) is -1.25. The standard InChI is InChI=1S/C40H59N5O8S/c1-8-9-10-11-12-13-14-33(40(47)48-7)28-37(46)53-26-25-52-24-23-51-22-21-50-20-19-49-18-17-45(30(2)3)34-15-16-35(31(4)27-34)43-44-39-38(42-6)32(5)36(29-41)54-39/h15-16,27,30,33H,8-14,17-26,28H2,1-5,7H3. The van der Waals surface area contributed by atoms with Gasteiger partial charge in [-0.1, -0.05) is 45.4 Å². The Morgan fingerprint density at radius 2 is 1.52 bits per heavy atom. The Labute approximate surface area is 325 Å². The van der Waals surface area contributed by atoms with Crippen molar-refractivity contribution in [3.05, 3.63) is 45.6 Å². The molecule has 298 valence electrons. The van der Waals surface area contributed by atoms with Crippen LogP contribution in [-0.2, 0) is 38.0 Å². The number of azo groups is 1. The molecule has 54 heavy (non-hydrogen) atoms. The third kappa shape index (κ3) is 17.5. The zero-order chi connectivity index (χ0) is 39.6. The summed E-state index contributed by atoms with van der Waals surface area (Å²) in [6, 6.07) is 8.34. The molecule has 1 unspecified atom stereocenters. The van der Waals surface area contributed by atoms with Gasteiger partial charge in [0.05, 0.1) is 89.4 Å². The van der Waals surface area contributed by atoms with E-state index in [0.29, 0.717) is 86.0 Å². The van der Waals surface area contributed by atoms with E-state index in [1.807, 2.05) is 19.1 Å². The van der Waals surface area contributed by atoms with E-state index in [1.165, 1.54) is 37.7 Å². The van der Waals surface area contributed by atoms with Gasteiger partial charge >= 0.3 is 11.9 Å². The Morgan fingerprint density at radius 3 is 2.09 bits per heavy atom. The molecule has 0 N–H and O–H groups in total. The molecule has 0 fully saturated rings. The fraction of sp³-hybridized carbons (Fsp3) is 0.650. The maximum atomic E-state index is 12.2. The van der Waals surface area contributed by atoms with Crippen LogP contribution >= 0.6 is 11.3 Å². The Morgan fingerprint density at radius 1 is 0.907 bits per heavy atom. The van der Waals surface area contributed by atoms with Crippen LogP contribution in [-0.4, -0.2) is 91.1 Å². The van der Waals surface area contributed by atoms with Crippen molar-refractivity contribution in [1.82, 2.24) is 0 Å². The average molecular weight is 770 g/mol. The fourth-order valence-corrected chi connectivity index (χ4v) is 6.42. The molecule has 1 aromatic carbocycles. The van der Waals surface area contributed by atoms with E-state index >= 15 is 0 Å². The van der Waals surface area contributed by atoms with Gasteiger partial charge in [-0.05, 0) is 63.4 Å². The first kappa shape index (κ1) is 46.2. The SMILES string of the molecule is [C-]#[N+]c1c(N=Nc2ccc(N(CCOCCOCCOCCOCCOC(=O)CC(CCCCCCCC)C(=O)OC)C(C)C)cc2C)sc(C#N)c1C. The Kier molecular flexibility index (Phi) is 23.7. The van der Waals surface area contributed by atoms with E-state index in [0.717, 1.165) is 30.5 Å². The topological polar surface area (TPSA) is 146 Å². The number of methoxy groups -OCH3 is 1. The van der Waals surface area contributed by atoms with Crippen molar-refractivity contribution in [2.45, 2.75) is 92.0 Å². The lowest BCUT2D eigenvalue weighted by atomic mass is 9.97. The molecule has 0 bridgehead atoms. The predicted octanol–water partition coefficient (Wildman–Crippen LogP) is 8.96. The summed E-state index contributed by atoms with van der Waals surface area (Å²) in [4.78, 5) is 30.6. The Hall–Kier alpha value is -3.92. The van der Waals surface area contributed by atoms with Crippen LogP contribution < -0.4 is 4.90 Å². The third-order valence-electron chi connectivity index (χ3n) is 8.63. The number of nitriles is 1. The molecule has 0 aliphatic heterocycles. The highest BCUT2D eigenvalue weighted by atomic mass is 32.1. The average Bonchev–Trinajstić information content (AvgIpc) is 3.48. The van der Waals surface area contributed by atoms with Crippen molar-refractivity contribution in [3.63, 3.8) is 0 Å². The van der Waals surface area contributed by atoms with Crippen molar-refractivity contribution < 1.29 is 38.0 Å². The molecule has 0 radical (unpaired) electrons. The molecular weight excluding hydrogens is 711 g/mol. The number of unbranched alkanes of at least 4 members (excludes halogenated alkanes) is 5. The van der Waals surface area contributed by atoms with Gasteiger partial charge in [-0.2, -0.15) is 15.5 Å². The number of carbonyl (C=O) groups excluding carboxylic acids is 2. The fourth-order valence-electron chi connectivity index (χ4n) is 5.55. The smallest absolute Gasteiger partial charge is 0.309 e. The van der Waals surface area contributed by atoms with Gasteiger partial charge in [0.25, 0.3) is 0 Å². The molecule has 1 heterocycles. The largest absolute Gasteiger partial charge is 0.469 e. The highest BCUT2D eigenvalue weighted by Gasteiger charge is 2.23. The lowest BCUT2D eigenvalue weighted by molar-refractivity contribution is -0.154. The summed E-state index contributed by atoms with van der Waals surface area (Å²) >= 11 is 1.18. The second kappa shape index (κ2) is 27.6. The minimum Gasteiger partial charge on any atom is -0.469 e. The zero-order valence-electron chi connectivity index (χ0n) is 33.0. The van der Waals surface area contributed by atoms with Crippen LogP contribution in [0.3, 0.4) is 0 Å². The highest BCUT2D eigenvalue weighted by molar-refractivity contribution is 7.17. The minimum atomic E-state index is -0.469.